The number of nitrogens with one attached hydrogen (secondary N) is 1. The van der Waals surface area contributed by atoms with Gasteiger partial charge in [0.15, 0.2) is 0 Å². The number of aryl methyl sites for hydroxylation is 1. The molecule has 28 heavy (non-hydrogen) atoms. The molecule has 1 aliphatic rings. The first-order valence-electron chi connectivity index (χ1n) is 11.0. The Balaban J connectivity index is 2.23. The van der Waals surface area contributed by atoms with Crippen LogP contribution in [0.2, 0.25) is 43.3 Å². The number of nitrogens with zero attached hydrogens (tertiary/aromatic N) is 2. The van der Waals surface area contributed by atoms with Gasteiger partial charge >= 0.3 is 0 Å². The third-order valence-corrected chi connectivity index (χ3v) is 14.5. The molecule has 1 fully saturated rings. The first-order valence-corrected chi connectivity index (χ1v) is 17.6. The van der Waals surface area contributed by atoms with E-state index in [2.05, 4.69) is 87.2 Å². The summed E-state index contributed by atoms with van der Waals surface area (Å²) in [7, 11) is -2.70. The minimum Gasteiger partial charge on any atom is -0.366 e. The molecule has 3 nitrogen and oxygen atoms in total. The summed E-state index contributed by atoms with van der Waals surface area (Å²) in [6.07, 6.45) is 7.78. The normalized spacial score (nSPS) is 21.0. The fraction of sp³-hybridized carbons (Fsp3) is 0.739. The summed E-state index contributed by atoms with van der Waals surface area (Å²) < 4.78 is 0. The van der Waals surface area contributed by atoms with Gasteiger partial charge in [-0.1, -0.05) is 79.2 Å². The van der Waals surface area contributed by atoms with Gasteiger partial charge in [-0.05, 0) is 29.8 Å². The monoisotopic (exact) mass is 415 g/mol. The van der Waals surface area contributed by atoms with Crippen LogP contribution in [0.3, 0.4) is 0 Å². The molecule has 0 spiro atoms. The predicted octanol–water partition coefficient (Wildman–Crippen LogP) is 6.50. The average Bonchev–Trinajstić information content (AvgIpc) is 2.59. The number of rotatable bonds is 4. The van der Waals surface area contributed by atoms with Gasteiger partial charge in [-0.25, -0.2) is 9.97 Å². The van der Waals surface area contributed by atoms with E-state index in [1.807, 2.05) is 0 Å². The molecular formula is C23H41N3Si2. The third-order valence-electron chi connectivity index (χ3n) is 6.93. The summed E-state index contributed by atoms with van der Waals surface area (Å²) in [5.41, 5.74) is 6.73. The van der Waals surface area contributed by atoms with Crippen LogP contribution in [0.4, 0.5) is 5.82 Å². The highest BCUT2D eigenvalue weighted by Crippen LogP contribution is 2.38. The average molecular weight is 416 g/mol. The Bertz CT molecular complexity index is 725. The Hall–Kier alpha value is -1.13. The summed E-state index contributed by atoms with van der Waals surface area (Å²) in [5, 5.41) is 4.00. The van der Waals surface area contributed by atoms with E-state index < -0.39 is 16.1 Å². The lowest BCUT2D eigenvalue weighted by Crippen LogP contribution is -2.35. The second-order valence-corrected chi connectivity index (χ2v) is 21.6. The molecule has 0 bridgehead atoms. The van der Waals surface area contributed by atoms with Gasteiger partial charge < -0.3 is 5.32 Å². The number of hydrogen-bond acceptors (Lipinski definition) is 3. The molecule has 1 aromatic heterocycles. The van der Waals surface area contributed by atoms with E-state index in [-0.39, 0.29) is 5.04 Å². The van der Waals surface area contributed by atoms with E-state index in [1.54, 1.807) is 6.33 Å². The SMILES string of the molecule is CCc1ncnc(NC2CCC([Si](C)(C)C)CC2)c1C#C[Si](C)(C)C(C)(C)C. The first-order chi connectivity index (χ1) is 12.8. The van der Waals surface area contributed by atoms with Crippen LogP contribution < -0.4 is 5.32 Å². The van der Waals surface area contributed by atoms with Crippen molar-refractivity contribution in [1.29, 1.82) is 0 Å². The molecule has 5 heteroatoms. The Morgan fingerprint density at radius 3 is 2.14 bits per heavy atom. The van der Waals surface area contributed by atoms with Crippen LogP contribution in [0.1, 0.15) is 64.6 Å². The van der Waals surface area contributed by atoms with Gasteiger partial charge in [0.1, 0.15) is 20.2 Å². The van der Waals surface area contributed by atoms with Crippen LogP contribution in [0.15, 0.2) is 6.33 Å². The molecule has 0 saturated heterocycles. The van der Waals surface area contributed by atoms with Crippen LogP contribution in [0, 0.1) is 11.5 Å². The fourth-order valence-corrected chi connectivity index (χ4v) is 6.51. The molecule has 0 atom stereocenters. The van der Waals surface area contributed by atoms with Crippen molar-refractivity contribution in [3.05, 3.63) is 17.6 Å². The third kappa shape index (κ3) is 5.70. The van der Waals surface area contributed by atoms with Crippen LogP contribution in [-0.2, 0) is 6.42 Å². The fourth-order valence-electron chi connectivity index (χ4n) is 3.63. The Labute approximate surface area is 175 Å². The van der Waals surface area contributed by atoms with Crippen molar-refractivity contribution < 1.29 is 0 Å². The van der Waals surface area contributed by atoms with Gasteiger partial charge in [-0.2, -0.15) is 0 Å². The number of hydrogen-bond donors (Lipinski definition) is 1. The quantitative estimate of drug-likeness (QED) is 0.450. The lowest BCUT2D eigenvalue weighted by Gasteiger charge is -2.36. The lowest BCUT2D eigenvalue weighted by molar-refractivity contribution is 0.453. The van der Waals surface area contributed by atoms with Gasteiger partial charge in [-0.15, -0.1) is 5.54 Å². The minimum absolute atomic E-state index is 0.255. The maximum absolute atomic E-state index is 4.61. The highest BCUT2D eigenvalue weighted by molar-refractivity contribution is 6.87. The summed E-state index contributed by atoms with van der Waals surface area (Å²) in [6, 6.07) is 0.514. The largest absolute Gasteiger partial charge is 0.366 e. The summed E-state index contributed by atoms with van der Waals surface area (Å²) in [5.74, 6) is 4.49. The van der Waals surface area contributed by atoms with Crippen molar-refractivity contribution in [2.45, 2.75) is 109 Å². The zero-order valence-electron chi connectivity index (χ0n) is 19.7. The van der Waals surface area contributed by atoms with Crippen LogP contribution >= 0.6 is 0 Å². The van der Waals surface area contributed by atoms with Crippen LogP contribution in [0.25, 0.3) is 0 Å². The first kappa shape index (κ1) is 23.2. The van der Waals surface area contributed by atoms with E-state index in [0.29, 0.717) is 6.04 Å². The maximum atomic E-state index is 4.61. The standard InChI is InChI=1S/C23H41N3Si2/c1-10-21-20(15-16-28(8,9)23(2,3)4)22(25-17-24-21)26-18-11-13-19(14-12-18)27(5,6)7/h17-19H,10-14H2,1-9H3,(H,24,25,26). The van der Waals surface area contributed by atoms with E-state index in [1.165, 1.54) is 25.7 Å². The molecule has 1 aliphatic carbocycles. The topological polar surface area (TPSA) is 37.8 Å². The Morgan fingerprint density at radius 1 is 1.04 bits per heavy atom. The van der Waals surface area contributed by atoms with E-state index in [4.69, 9.17) is 0 Å². The molecule has 1 aromatic rings. The van der Waals surface area contributed by atoms with E-state index in [9.17, 15) is 0 Å². The molecule has 1 saturated carbocycles. The molecule has 0 amide bonds. The highest BCUT2D eigenvalue weighted by atomic mass is 28.3. The summed E-state index contributed by atoms with van der Waals surface area (Å²) >= 11 is 0. The van der Waals surface area contributed by atoms with Crippen molar-refractivity contribution in [3.8, 4) is 11.5 Å². The van der Waals surface area contributed by atoms with Crippen molar-refractivity contribution >= 4 is 22.0 Å². The molecule has 156 valence electrons. The van der Waals surface area contributed by atoms with Crippen LogP contribution in [0.5, 0.6) is 0 Å². The molecule has 0 radical (unpaired) electrons. The Kier molecular flexibility index (Phi) is 7.20. The van der Waals surface area contributed by atoms with E-state index in [0.717, 1.165) is 29.0 Å². The van der Waals surface area contributed by atoms with Gasteiger partial charge in [0.05, 0.1) is 11.3 Å². The predicted molar refractivity (Wildman–Crippen MR) is 128 cm³/mol. The molecule has 2 rings (SSSR count). The van der Waals surface area contributed by atoms with Crippen molar-refractivity contribution in [1.82, 2.24) is 9.97 Å². The molecule has 0 aromatic carbocycles. The van der Waals surface area contributed by atoms with Crippen molar-refractivity contribution in [3.63, 3.8) is 0 Å². The second kappa shape index (κ2) is 8.71. The van der Waals surface area contributed by atoms with Gasteiger partial charge in [0, 0.05) is 14.1 Å². The maximum Gasteiger partial charge on any atom is 0.145 e. The number of anilines is 1. The zero-order chi connectivity index (χ0) is 21.2. The smallest absolute Gasteiger partial charge is 0.145 e. The van der Waals surface area contributed by atoms with Gasteiger partial charge in [-0.3, -0.25) is 0 Å². The highest BCUT2D eigenvalue weighted by Gasteiger charge is 2.34. The molecule has 1 N–H and O–H groups in total. The van der Waals surface area contributed by atoms with Crippen LogP contribution in [-0.4, -0.2) is 32.2 Å². The number of aromatic nitrogens is 2. The summed E-state index contributed by atoms with van der Waals surface area (Å²) in [6.45, 7) is 21.3. The Morgan fingerprint density at radius 2 is 1.64 bits per heavy atom. The lowest BCUT2D eigenvalue weighted by atomic mass is 9.94. The molecule has 0 aliphatic heterocycles. The van der Waals surface area contributed by atoms with Gasteiger partial charge in [0.25, 0.3) is 0 Å². The molecule has 0 unspecified atom stereocenters. The second-order valence-electron chi connectivity index (χ2n) is 11.1. The minimum atomic E-state index is -1.67. The molecule has 1 heterocycles. The van der Waals surface area contributed by atoms with E-state index >= 15 is 0 Å². The molecular weight excluding hydrogens is 374 g/mol. The zero-order valence-corrected chi connectivity index (χ0v) is 21.7. The van der Waals surface area contributed by atoms with Crippen molar-refractivity contribution in [2.24, 2.45) is 0 Å². The summed E-state index contributed by atoms with van der Waals surface area (Å²) in [4.78, 5) is 9.14. The van der Waals surface area contributed by atoms with Crippen molar-refractivity contribution in [2.75, 3.05) is 5.32 Å². The van der Waals surface area contributed by atoms with Gasteiger partial charge in [0.2, 0.25) is 0 Å².